The number of likely N-dealkylation sites (tertiary alicyclic amines) is 1. The number of carboxylic acids is 1. The van der Waals surface area contributed by atoms with Gasteiger partial charge in [0.05, 0.1) is 5.92 Å². The van der Waals surface area contributed by atoms with E-state index in [0.717, 1.165) is 4.88 Å². The molecule has 8 nitrogen and oxygen atoms in total. The van der Waals surface area contributed by atoms with Gasteiger partial charge in [-0.2, -0.15) is 0 Å². The predicted molar refractivity (Wildman–Crippen MR) is 85.0 cm³/mol. The van der Waals surface area contributed by atoms with Crippen LogP contribution in [0.25, 0.3) is 0 Å². The second kappa shape index (κ2) is 7.28. The van der Waals surface area contributed by atoms with Crippen LogP contribution in [0.4, 0.5) is 4.79 Å². The highest BCUT2D eigenvalue weighted by molar-refractivity contribution is 7.91. The summed E-state index contributed by atoms with van der Waals surface area (Å²) in [5.74, 6) is -1.43. The summed E-state index contributed by atoms with van der Waals surface area (Å²) >= 11 is 1.18. The summed E-state index contributed by atoms with van der Waals surface area (Å²) in [5.41, 5.74) is 0. The Morgan fingerprint density at radius 2 is 2.13 bits per heavy atom. The van der Waals surface area contributed by atoms with Crippen LogP contribution in [-0.4, -0.2) is 56.6 Å². The third-order valence-corrected chi connectivity index (χ3v) is 6.45. The number of hydrogen-bond donors (Lipinski definition) is 3. The number of carboxylic acid groups (broad SMARTS) is 1. The van der Waals surface area contributed by atoms with E-state index < -0.39 is 21.9 Å². The molecule has 23 heavy (non-hydrogen) atoms. The van der Waals surface area contributed by atoms with Crippen LogP contribution >= 0.6 is 11.3 Å². The quantitative estimate of drug-likeness (QED) is 0.636. The maximum Gasteiger partial charge on any atom is 0.317 e. The summed E-state index contributed by atoms with van der Waals surface area (Å²) in [6, 6.07) is 2.89. The topological polar surface area (TPSA) is 116 Å². The molecule has 1 aromatic heterocycles. The van der Waals surface area contributed by atoms with Crippen molar-refractivity contribution in [2.45, 2.75) is 17.6 Å². The largest absolute Gasteiger partial charge is 0.481 e. The maximum absolute atomic E-state index is 12.0. The molecule has 1 aromatic rings. The molecule has 2 heterocycles. The molecule has 1 aliphatic rings. The van der Waals surface area contributed by atoms with Crippen LogP contribution in [0.5, 0.6) is 0 Å². The molecule has 1 unspecified atom stereocenters. The van der Waals surface area contributed by atoms with Crippen molar-refractivity contribution in [3.8, 4) is 0 Å². The van der Waals surface area contributed by atoms with Gasteiger partial charge in [0.15, 0.2) is 0 Å². The molecule has 0 aromatic carbocycles. The minimum atomic E-state index is -3.55. The van der Waals surface area contributed by atoms with Gasteiger partial charge in [-0.1, -0.05) is 0 Å². The van der Waals surface area contributed by atoms with Crippen LogP contribution in [-0.2, 0) is 14.8 Å². The zero-order chi connectivity index (χ0) is 17.0. The highest BCUT2D eigenvalue weighted by Crippen LogP contribution is 2.20. The smallest absolute Gasteiger partial charge is 0.317 e. The van der Waals surface area contributed by atoms with Crippen molar-refractivity contribution in [3.05, 3.63) is 17.0 Å². The fourth-order valence-electron chi connectivity index (χ4n) is 2.24. The summed E-state index contributed by atoms with van der Waals surface area (Å²) in [6.45, 7) is 2.60. The van der Waals surface area contributed by atoms with Crippen molar-refractivity contribution in [2.24, 2.45) is 5.92 Å². The Morgan fingerprint density at radius 1 is 1.39 bits per heavy atom. The van der Waals surface area contributed by atoms with E-state index in [1.807, 2.05) is 6.92 Å². The lowest BCUT2D eigenvalue weighted by Crippen LogP contribution is -2.42. The first-order valence-corrected chi connectivity index (χ1v) is 9.41. The standard InChI is InChI=1S/C13H19N3O5S2/c1-9-2-3-11(22-9)23(20,21)15-6-5-14-13(19)16-7-4-10(8-16)12(17)18/h2-3,10,15H,4-8H2,1H3,(H,14,19)(H,17,18). The molecule has 0 radical (unpaired) electrons. The number of nitrogens with zero attached hydrogens (tertiary/aromatic N) is 1. The van der Waals surface area contributed by atoms with Gasteiger partial charge in [-0.15, -0.1) is 11.3 Å². The predicted octanol–water partition coefficient (Wildman–Crippen LogP) is 0.451. The maximum atomic E-state index is 12.0. The van der Waals surface area contributed by atoms with Crippen molar-refractivity contribution in [3.63, 3.8) is 0 Å². The van der Waals surface area contributed by atoms with E-state index in [2.05, 4.69) is 10.0 Å². The van der Waals surface area contributed by atoms with Crippen molar-refractivity contribution in [1.82, 2.24) is 14.9 Å². The van der Waals surface area contributed by atoms with Crippen LogP contribution in [0.1, 0.15) is 11.3 Å². The molecule has 0 aliphatic carbocycles. The first-order chi connectivity index (χ1) is 10.8. The summed E-state index contributed by atoms with van der Waals surface area (Å²) in [6.07, 6.45) is 0.438. The number of thiophene rings is 1. The number of amides is 2. The van der Waals surface area contributed by atoms with E-state index in [0.29, 0.717) is 13.0 Å². The van der Waals surface area contributed by atoms with Gasteiger partial charge >= 0.3 is 12.0 Å². The molecule has 1 atom stereocenters. The van der Waals surface area contributed by atoms with Crippen molar-refractivity contribution >= 4 is 33.4 Å². The van der Waals surface area contributed by atoms with E-state index in [4.69, 9.17) is 5.11 Å². The number of nitrogens with one attached hydrogen (secondary N) is 2. The molecule has 2 amide bonds. The van der Waals surface area contributed by atoms with Crippen LogP contribution in [0.2, 0.25) is 0 Å². The SMILES string of the molecule is Cc1ccc(S(=O)(=O)NCCNC(=O)N2CCC(C(=O)O)C2)s1. The lowest BCUT2D eigenvalue weighted by Gasteiger charge is -2.16. The minimum Gasteiger partial charge on any atom is -0.481 e. The summed E-state index contributed by atoms with van der Waals surface area (Å²) in [7, 11) is -3.55. The number of aliphatic carboxylic acids is 1. The van der Waals surface area contributed by atoms with Gasteiger partial charge in [0.1, 0.15) is 4.21 Å². The van der Waals surface area contributed by atoms with E-state index in [1.165, 1.54) is 22.3 Å². The highest BCUT2D eigenvalue weighted by atomic mass is 32.2. The molecule has 1 saturated heterocycles. The third-order valence-electron chi connectivity index (χ3n) is 3.50. The third kappa shape index (κ3) is 4.66. The average molecular weight is 361 g/mol. The highest BCUT2D eigenvalue weighted by Gasteiger charge is 2.30. The zero-order valence-electron chi connectivity index (χ0n) is 12.6. The van der Waals surface area contributed by atoms with Crippen molar-refractivity contribution in [1.29, 1.82) is 0 Å². The monoisotopic (exact) mass is 361 g/mol. The Labute approximate surface area is 138 Å². The molecule has 10 heteroatoms. The van der Waals surface area contributed by atoms with Crippen LogP contribution in [0.15, 0.2) is 16.3 Å². The zero-order valence-corrected chi connectivity index (χ0v) is 14.2. The summed E-state index contributed by atoms with van der Waals surface area (Å²) < 4.78 is 26.6. The van der Waals surface area contributed by atoms with Gasteiger partial charge in [-0.3, -0.25) is 4.79 Å². The van der Waals surface area contributed by atoms with Crippen molar-refractivity contribution < 1.29 is 23.1 Å². The van der Waals surface area contributed by atoms with Crippen LogP contribution < -0.4 is 10.0 Å². The van der Waals surface area contributed by atoms with E-state index in [9.17, 15) is 18.0 Å². The first kappa shape index (κ1) is 17.7. The molecule has 1 fully saturated rings. The fraction of sp³-hybridized carbons (Fsp3) is 0.538. The number of hydrogen-bond acceptors (Lipinski definition) is 5. The Kier molecular flexibility index (Phi) is 5.60. The van der Waals surface area contributed by atoms with Gasteiger partial charge in [-0.25, -0.2) is 17.9 Å². The minimum absolute atomic E-state index is 0.0707. The average Bonchev–Trinajstić information content (AvgIpc) is 3.12. The molecule has 0 saturated carbocycles. The number of carbonyl (C=O) groups is 2. The number of carbonyl (C=O) groups excluding carboxylic acids is 1. The molecule has 3 N–H and O–H groups in total. The van der Waals surface area contributed by atoms with Crippen LogP contribution in [0.3, 0.4) is 0 Å². The first-order valence-electron chi connectivity index (χ1n) is 7.11. The number of urea groups is 1. The Hall–Kier alpha value is -1.65. The molecular formula is C13H19N3O5S2. The Bertz CT molecular complexity index is 686. The summed E-state index contributed by atoms with van der Waals surface area (Å²) in [4.78, 5) is 25.0. The Morgan fingerprint density at radius 3 is 2.70 bits per heavy atom. The molecule has 128 valence electrons. The molecule has 0 spiro atoms. The normalized spacial score (nSPS) is 18.1. The molecule has 0 bridgehead atoms. The molecule has 1 aliphatic heterocycles. The van der Waals surface area contributed by atoms with Crippen LogP contribution in [0, 0.1) is 12.8 Å². The second-order valence-electron chi connectivity index (χ2n) is 5.26. The lowest BCUT2D eigenvalue weighted by atomic mass is 10.1. The second-order valence-corrected chi connectivity index (χ2v) is 8.55. The van der Waals surface area contributed by atoms with E-state index in [-0.39, 0.29) is 29.9 Å². The van der Waals surface area contributed by atoms with Gasteiger partial charge in [0, 0.05) is 31.1 Å². The van der Waals surface area contributed by atoms with E-state index >= 15 is 0 Å². The number of sulfonamides is 1. The molecular weight excluding hydrogens is 342 g/mol. The van der Waals surface area contributed by atoms with Gasteiger partial charge in [0.2, 0.25) is 10.0 Å². The van der Waals surface area contributed by atoms with Gasteiger partial charge < -0.3 is 15.3 Å². The lowest BCUT2D eigenvalue weighted by molar-refractivity contribution is -0.141. The van der Waals surface area contributed by atoms with Gasteiger partial charge in [0.25, 0.3) is 0 Å². The number of aryl methyl sites for hydroxylation is 1. The van der Waals surface area contributed by atoms with Gasteiger partial charge in [-0.05, 0) is 25.5 Å². The number of rotatable bonds is 6. The summed E-state index contributed by atoms with van der Waals surface area (Å²) in [5, 5.41) is 11.5. The van der Waals surface area contributed by atoms with Crippen molar-refractivity contribution in [2.75, 3.05) is 26.2 Å². The van der Waals surface area contributed by atoms with E-state index in [1.54, 1.807) is 6.07 Å². The molecule has 2 rings (SSSR count). The Balaban J connectivity index is 1.73. The fourth-order valence-corrected chi connectivity index (χ4v) is 4.60.